The van der Waals surface area contributed by atoms with E-state index in [2.05, 4.69) is 0 Å². The molecule has 0 saturated carbocycles. The molecule has 0 saturated heterocycles. The van der Waals surface area contributed by atoms with E-state index in [1.54, 1.807) is 0 Å². The maximum atomic E-state index is 12.8. The van der Waals surface area contributed by atoms with Crippen LogP contribution in [0.1, 0.15) is 12.5 Å². The quantitative estimate of drug-likeness (QED) is 0.893. The Hall–Kier alpha value is -0.830. The molecule has 0 spiro atoms. The molecular weight excluding hydrogens is 307 g/mol. The summed E-state index contributed by atoms with van der Waals surface area (Å²) in [7, 11) is -4.37. The van der Waals surface area contributed by atoms with Gasteiger partial charge in [-0.05, 0) is 25.1 Å². The van der Waals surface area contributed by atoms with Gasteiger partial charge in [0.2, 0.25) is 10.0 Å². The summed E-state index contributed by atoms with van der Waals surface area (Å²) in [5, 5.41) is 8.75. The van der Waals surface area contributed by atoms with Crippen molar-refractivity contribution in [1.82, 2.24) is 4.72 Å². The largest absolute Gasteiger partial charge is 0.417 e. The first kappa shape index (κ1) is 16.2. The maximum Gasteiger partial charge on any atom is 0.417 e. The van der Waals surface area contributed by atoms with Crippen molar-refractivity contribution < 1.29 is 26.7 Å². The molecule has 0 bridgehead atoms. The maximum absolute atomic E-state index is 12.8. The van der Waals surface area contributed by atoms with Gasteiger partial charge in [0.15, 0.2) is 0 Å². The van der Waals surface area contributed by atoms with Crippen molar-refractivity contribution >= 4 is 21.6 Å². The smallest absolute Gasteiger partial charge is 0.392 e. The molecule has 0 aliphatic carbocycles. The van der Waals surface area contributed by atoms with Crippen LogP contribution in [0.5, 0.6) is 0 Å². The van der Waals surface area contributed by atoms with E-state index >= 15 is 0 Å². The van der Waals surface area contributed by atoms with Gasteiger partial charge in [-0.3, -0.25) is 0 Å². The Morgan fingerprint density at radius 2 is 2.00 bits per heavy atom. The van der Waals surface area contributed by atoms with E-state index in [0.717, 1.165) is 12.1 Å². The van der Waals surface area contributed by atoms with Crippen molar-refractivity contribution in [2.75, 3.05) is 6.54 Å². The topological polar surface area (TPSA) is 66.4 Å². The minimum Gasteiger partial charge on any atom is -0.392 e. The summed E-state index contributed by atoms with van der Waals surface area (Å²) in [4.78, 5) is -0.926. The second kappa shape index (κ2) is 5.66. The molecule has 1 rings (SSSR count). The molecule has 0 aromatic heterocycles. The van der Waals surface area contributed by atoms with Crippen LogP contribution in [-0.4, -0.2) is 26.2 Å². The molecule has 19 heavy (non-hydrogen) atoms. The fourth-order valence-corrected chi connectivity index (χ4v) is 2.77. The first-order valence-corrected chi connectivity index (χ1v) is 6.94. The van der Waals surface area contributed by atoms with Crippen molar-refractivity contribution in [3.05, 3.63) is 28.8 Å². The third-order valence-electron chi connectivity index (χ3n) is 2.11. The number of hydrogen-bond donors (Lipinski definition) is 2. The Morgan fingerprint density at radius 3 is 2.47 bits per heavy atom. The van der Waals surface area contributed by atoms with Crippen molar-refractivity contribution in [1.29, 1.82) is 0 Å². The lowest BCUT2D eigenvalue weighted by molar-refractivity contribution is -0.139. The standard InChI is InChI=1S/C10H11ClF3NO3S/c1-6(16)5-15-19(17,18)9-3-2-7(11)4-8(9)10(12,13)14/h2-4,6,15-16H,5H2,1H3/t6-/m0/s1. The second-order valence-corrected chi connectivity index (χ2v) is 6.01. The normalized spacial score (nSPS) is 14.4. The number of sulfonamides is 1. The van der Waals surface area contributed by atoms with Gasteiger partial charge in [-0.25, -0.2) is 13.1 Å². The number of benzene rings is 1. The zero-order chi connectivity index (χ0) is 14.8. The van der Waals surface area contributed by atoms with E-state index in [4.69, 9.17) is 16.7 Å². The fraction of sp³-hybridized carbons (Fsp3) is 0.400. The zero-order valence-corrected chi connectivity index (χ0v) is 11.3. The highest BCUT2D eigenvalue weighted by Crippen LogP contribution is 2.35. The number of halogens is 4. The van der Waals surface area contributed by atoms with Gasteiger partial charge >= 0.3 is 6.18 Å². The van der Waals surface area contributed by atoms with E-state index in [1.807, 2.05) is 4.72 Å². The van der Waals surface area contributed by atoms with Crippen LogP contribution in [0.2, 0.25) is 5.02 Å². The average Bonchev–Trinajstić information content (AvgIpc) is 2.25. The molecule has 0 aliphatic heterocycles. The lowest BCUT2D eigenvalue weighted by Gasteiger charge is -2.14. The number of hydrogen-bond acceptors (Lipinski definition) is 3. The summed E-state index contributed by atoms with van der Waals surface area (Å²) < 4.78 is 63.7. The summed E-state index contributed by atoms with van der Waals surface area (Å²) in [5.41, 5.74) is -1.35. The minimum atomic E-state index is -4.85. The average molecular weight is 318 g/mol. The van der Waals surface area contributed by atoms with Crippen LogP contribution in [0.15, 0.2) is 23.1 Å². The van der Waals surface area contributed by atoms with E-state index in [-0.39, 0.29) is 11.6 Å². The van der Waals surface area contributed by atoms with Crippen molar-refractivity contribution in [2.24, 2.45) is 0 Å². The SMILES string of the molecule is C[C@H](O)CNS(=O)(=O)c1ccc(Cl)cc1C(F)(F)F. The van der Waals surface area contributed by atoms with E-state index in [9.17, 15) is 21.6 Å². The summed E-state index contributed by atoms with van der Waals surface area (Å²) in [6.07, 6.45) is -5.86. The Kier molecular flexibility index (Phi) is 4.83. The van der Waals surface area contributed by atoms with Gasteiger partial charge in [-0.15, -0.1) is 0 Å². The molecule has 1 aromatic rings. The molecule has 0 aliphatic rings. The number of aliphatic hydroxyl groups excluding tert-OH is 1. The Labute approximate surface area is 113 Å². The predicted molar refractivity (Wildman–Crippen MR) is 63.3 cm³/mol. The van der Waals surface area contributed by atoms with E-state index in [1.165, 1.54) is 6.92 Å². The predicted octanol–water partition coefficient (Wildman–Crippen LogP) is 2.02. The highest BCUT2D eigenvalue weighted by Gasteiger charge is 2.37. The molecule has 0 unspecified atom stereocenters. The van der Waals surface area contributed by atoms with Gasteiger partial charge in [0.1, 0.15) is 0 Å². The van der Waals surface area contributed by atoms with Crippen molar-refractivity contribution in [2.45, 2.75) is 24.1 Å². The zero-order valence-electron chi connectivity index (χ0n) is 9.70. The number of nitrogens with one attached hydrogen (secondary N) is 1. The van der Waals surface area contributed by atoms with Crippen LogP contribution in [0.25, 0.3) is 0 Å². The van der Waals surface area contributed by atoms with Crippen molar-refractivity contribution in [3.63, 3.8) is 0 Å². The van der Waals surface area contributed by atoms with Gasteiger partial charge < -0.3 is 5.11 Å². The highest BCUT2D eigenvalue weighted by atomic mass is 35.5. The number of rotatable bonds is 4. The third kappa shape index (κ3) is 4.34. The van der Waals surface area contributed by atoms with Crippen LogP contribution in [0.4, 0.5) is 13.2 Å². The molecule has 1 aromatic carbocycles. The van der Waals surface area contributed by atoms with Crippen LogP contribution < -0.4 is 4.72 Å². The highest BCUT2D eigenvalue weighted by molar-refractivity contribution is 7.89. The van der Waals surface area contributed by atoms with Crippen LogP contribution in [0.3, 0.4) is 0 Å². The number of alkyl halides is 3. The van der Waals surface area contributed by atoms with E-state index in [0.29, 0.717) is 6.07 Å². The molecule has 108 valence electrons. The number of aliphatic hydroxyl groups is 1. The lowest BCUT2D eigenvalue weighted by atomic mass is 10.2. The van der Waals surface area contributed by atoms with Crippen LogP contribution in [-0.2, 0) is 16.2 Å². The fourth-order valence-electron chi connectivity index (χ4n) is 1.27. The first-order valence-electron chi connectivity index (χ1n) is 5.08. The summed E-state index contributed by atoms with van der Waals surface area (Å²) in [5.74, 6) is 0. The van der Waals surface area contributed by atoms with Gasteiger partial charge in [0.05, 0.1) is 16.6 Å². The monoisotopic (exact) mass is 317 g/mol. The molecule has 9 heteroatoms. The molecule has 0 fully saturated rings. The van der Waals surface area contributed by atoms with Gasteiger partial charge in [0.25, 0.3) is 0 Å². The Bertz CT molecular complexity index is 558. The van der Waals surface area contributed by atoms with E-state index < -0.39 is 32.8 Å². The molecule has 4 nitrogen and oxygen atoms in total. The summed E-state index contributed by atoms with van der Waals surface area (Å²) in [6.45, 7) is 0.914. The van der Waals surface area contributed by atoms with Crippen LogP contribution in [0, 0.1) is 0 Å². The van der Waals surface area contributed by atoms with Gasteiger partial charge in [-0.2, -0.15) is 13.2 Å². The molecule has 2 N–H and O–H groups in total. The summed E-state index contributed by atoms with van der Waals surface area (Å²) in [6, 6.07) is 2.36. The molecule has 0 radical (unpaired) electrons. The molecule has 0 amide bonds. The molecule has 0 heterocycles. The second-order valence-electron chi connectivity index (χ2n) is 3.84. The van der Waals surface area contributed by atoms with Gasteiger partial charge in [-0.1, -0.05) is 11.6 Å². The van der Waals surface area contributed by atoms with Crippen LogP contribution >= 0.6 is 11.6 Å². The third-order valence-corrected chi connectivity index (χ3v) is 3.82. The first-order chi connectivity index (χ1) is 8.54. The van der Waals surface area contributed by atoms with Gasteiger partial charge in [0, 0.05) is 11.6 Å². The molecule has 1 atom stereocenters. The Morgan fingerprint density at radius 1 is 1.42 bits per heavy atom. The Balaban J connectivity index is 3.27. The molecular formula is C10H11ClF3NO3S. The minimum absolute atomic E-state index is 0.221. The van der Waals surface area contributed by atoms with Crippen molar-refractivity contribution in [3.8, 4) is 0 Å². The summed E-state index contributed by atoms with van der Waals surface area (Å²) >= 11 is 5.45. The lowest BCUT2D eigenvalue weighted by Crippen LogP contribution is -2.32.